The highest BCUT2D eigenvalue weighted by Gasteiger charge is 2.33. The van der Waals surface area contributed by atoms with Crippen LogP contribution in [-0.2, 0) is 6.54 Å². The Hall–Kier alpha value is -0.640. The number of halogens is 1. The smallest absolute Gasteiger partial charge is 0.0312 e. The Bertz CT molecular complexity index is 340. The predicted molar refractivity (Wildman–Crippen MR) is 73.1 cm³/mol. The molecule has 1 atom stereocenters. The molecule has 1 unspecified atom stereocenters. The molecule has 0 aromatic carbocycles. The summed E-state index contributed by atoms with van der Waals surface area (Å²) in [6, 6.07) is 4.46. The SMILES string of the molecule is CC1(C)CN(Cc2cccnc2)CCC1N.Cl. The summed E-state index contributed by atoms with van der Waals surface area (Å²) < 4.78 is 0. The van der Waals surface area contributed by atoms with E-state index in [9.17, 15) is 0 Å². The van der Waals surface area contributed by atoms with Gasteiger partial charge in [-0.3, -0.25) is 9.88 Å². The van der Waals surface area contributed by atoms with E-state index in [0.29, 0.717) is 6.04 Å². The van der Waals surface area contributed by atoms with Gasteiger partial charge in [-0.05, 0) is 23.5 Å². The molecular weight excluding hydrogens is 234 g/mol. The number of hydrogen-bond acceptors (Lipinski definition) is 3. The molecule has 0 aliphatic carbocycles. The first-order chi connectivity index (χ1) is 7.58. The van der Waals surface area contributed by atoms with Gasteiger partial charge in [0, 0.05) is 38.1 Å². The Morgan fingerprint density at radius 1 is 1.53 bits per heavy atom. The maximum Gasteiger partial charge on any atom is 0.0312 e. The molecule has 0 saturated carbocycles. The van der Waals surface area contributed by atoms with Crippen molar-refractivity contribution in [3.05, 3.63) is 30.1 Å². The van der Waals surface area contributed by atoms with Crippen LogP contribution in [0.4, 0.5) is 0 Å². The molecule has 1 aliphatic rings. The fraction of sp³-hybridized carbons (Fsp3) is 0.615. The van der Waals surface area contributed by atoms with Crippen LogP contribution in [0.3, 0.4) is 0 Å². The van der Waals surface area contributed by atoms with Crippen molar-refractivity contribution >= 4 is 12.4 Å². The quantitative estimate of drug-likeness (QED) is 0.880. The van der Waals surface area contributed by atoms with Gasteiger partial charge in [-0.15, -0.1) is 12.4 Å². The van der Waals surface area contributed by atoms with Crippen LogP contribution in [0.25, 0.3) is 0 Å². The molecule has 1 fully saturated rings. The van der Waals surface area contributed by atoms with E-state index in [1.54, 1.807) is 0 Å². The molecule has 1 aliphatic heterocycles. The topological polar surface area (TPSA) is 42.2 Å². The number of nitrogens with two attached hydrogens (primary N) is 1. The largest absolute Gasteiger partial charge is 0.327 e. The molecule has 2 N–H and O–H groups in total. The summed E-state index contributed by atoms with van der Waals surface area (Å²) in [5.41, 5.74) is 7.64. The standard InChI is InChI=1S/C13H21N3.ClH/c1-13(2)10-16(7-5-12(13)14)9-11-4-3-6-15-8-11;/h3-4,6,8,12H,5,7,9-10,14H2,1-2H3;1H. The second kappa shape index (κ2) is 5.80. The predicted octanol–water partition coefficient (Wildman–Crippen LogP) is 2.06. The molecule has 1 saturated heterocycles. The summed E-state index contributed by atoms with van der Waals surface area (Å²) in [7, 11) is 0. The van der Waals surface area contributed by atoms with Crippen LogP contribution in [0.5, 0.6) is 0 Å². The van der Waals surface area contributed by atoms with Crippen molar-refractivity contribution in [2.75, 3.05) is 13.1 Å². The summed E-state index contributed by atoms with van der Waals surface area (Å²) in [4.78, 5) is 6.62. The fourth-order valence-corrected chi connectivity index (χ4v) is 2.37. The molecule has 2 heterocycles. The average molecular weight is 256 g/mol. The van der Waals surface area contributed by atoms with Crippen LogP contribution in [0, 0.1) is 5.41 Å². The third-order valence-corrected chi connectivity index (χ3v) is 3.52. The van der Waals surface area contributed by atoms with Crippen molar-refractivity contribution < 1.29 is 0 Å². The van der Waals surface area contributed by atoms with Crippen LogP contribution in [0.15, 0.2) is 24.5 Å². The van der Waals surface area contributed by atoms with E-state index in [2.05, 4.69) is 29.8 Å². The zero-order valence-electron chi connectivity index (χ0n) is 10.6. The molecule has 0 spiro atoms. The molecular formula is C13H22ClN3. The minimum atomic E-state index is 0. The Balaban J connectivity index is 0.00000144. The number of likely N-dealkylation sites (tertiary alicyclic amines) is 1. The molecule has 4 heteroatoms. The number of aromatic nitrogens is 1. The van der Waals surface area contributed by atoms with E-state index in [0.717, 1.165) is 26.1 Å². The van der Waals surface area contributed by atoms with Gasteiger partial charge in [0.05, 0.1) is 0 Å². The Morgan fingerprint density at radius 3 is 2.88 bits per heavy atom. The van der Waals surface area contributed by atoms with Crippen LogP contribution >= 0.6 is 12.4 Å². The number of rotatable bonds is 2. The lowest BCUT2D eigenvalue weighted by Crippen LogP contribution is -2.52. The van der Waals surface area contributed by atoms with Gasteiger partial charge >= 0.3 is 0 Å². The van der Waals surface area contributed by atoms with Crippen LogP contribution in [0.1, 0.15) is 25.8 Å². The van der Waals surface area contributed by atoms with Gasteiger partial charge < -0.3 is 5.73 Å². The highest BCUT2D eigenvalue weighted by Crippen LogP contribution is 2.28. The minimum absolute atomic E-state index is 0. The second-order valence-electron chi connectivity index (χ2n) is 5.46. The monoisotopic (exact) mass is 255 g/mol. The first kappa shape index (κ1) is 14.4. The number of hydrogen-bond donors (Lipinski definition) is 1. The summed E-state index contributed by atoms with van der Waals surface area (Å²) in [5, 5.41) is 0. The molecule has 2 rings (SSSR count). The number of pyridine rings is 1. The molecule has 1 aromatic heterocycles. The molecule has 17 heavy (non-hydrogen) atoms. The number of piperidine rings is 1. The zero-order chi connectivity index (χ0) is 11.6. The lowest BCUT2D eigenvalue weighted by molar-refractivity contribution is 0.0898. The van der Waals surface area contributed by atoms with Gasteiger partial charge in [0.1, 0.15) is 0 Å². The van der Waals surface area contributed by atoms with Crippen molar-refractivity contribution in [1.82, 2.24) is 9.88 Å². The van der Waals surface area contributed by atoms with Gasteiger partial charge in [-0.2, -0.15) is 0 Å². The fourth-order valence-electron chi connectivity index (χ4n) is 2.37. The zero-order valence-corrected chi connectivity index (χ0v) is 11.4. The lowest BCUT2D eigenvalue weighted by Gasteiger charge is -2.42. The van der Waals surface area contributed by atoms with Crippen molar-refractivity contribution in [2.45, 2.75) is 32.9 Å². The van der Waals surface area contributed by atoms with Crippen LogP contribution in [0.2, 0.25) is 0 Å². The van der Waals surface area contributed by atoms with Crippen molar-refractivity contribution in [3.8, 4) is 0 Å². The third-order valence-electron chi connectivity index (χ3n) is 3.52. The first-order valence-corrected chi connectivity index (χ1v) is 5.95. The Morgan fingerprint density at radius 2 is 2.29 bits per heavy atom. The number of nitrogens with zero attached hydrogens (tertiary/aromatic N) is 2. The van der Waals surface area contributed by atoms with E-state index in [1.165, 1.54) is 5.56 Å². The lowest BCUT2D eigenvalue weighted by atomic mass is 9.79. The maximum atomic E-state index is 6.13. The van der Waals surface area contributed by atoms with Gasteiger partial charge in [0.25, 0.3) is 0 Å². The second-order valence-corrected chi connectivity index (χ2v) is 5.46. The molecule has 3 nitrogen and oxygen atoms in total. The van der Waals surface area contributed by atoms with E-state index >= 15 is 0 Å². The van der Waals surface area contributed by atoms with E-state index in [-0.39, 0.29) is 17.8 Å². The van der Waals surface area contributed by atoms with Gasteiger partial charge in [0.2, 0.25) is 0 Å². The summed E-state index contributed by atoms with van der Waals surface area (Å²) >= 11 is 0. The average Bonchev–Trinajstić information content (AvgIpc) is 2.25. The van der Waals surface area contributed by atoms with Gasteiger partial charge in [0.15, 0.2) is 0 Å². The van der Waals surface area contributed by atoms with E-state index in [4.69, 9.17) is 5.73 Å². The Kier molecular flexibility index (Phi) is 4.92. The summed E-state index contributed by atoms with van der Waals surface area (Å²) in [5.74, 6) is 0. The van der Waals surface area contributed by atoms with Crippen molar-refractivity contribution in [1.29, 1.82) is 0 Å². The van der Waals surface area contributed by atoms with Gasteiger partial charge in [-0.1, -0.05) is 19.9 Å². The maximum absolute atomic E-state index is 6.13. The molecule has 0 amide bonds. The molecule has 1 aromatic rings. The first-order valence-electron chi connectivity index (χ1n) is 5.95. The highest BCUT2D eigenvalue weighted by molar-refractivity contribution is 5.85. The minimum Gasteiger partial charge on any atom is -0.327 e. The molecule has 0 bridgehead atoms. The highest BCUT2D eigenvalue weighted by atomic mass is 35.5. The molecule has 96 valence electrons. The van der Waals surface area contributed by atoms with Crippen LogP contribution in [-0.4, -0.2) is 29.0 Å². The van der Waals surface area contributed by atoms with Crippen molar-refractivity contribution in [2.24, 2.45) is 11.1 Å². The van der Waals surface area contributed by atoms with Crippen LogP contribution < -0.4 is 5.73 Å². The van der Waals surface area contributed by atoms with E-state index in [1.807, 2.05) is 18.5 Å². The molecule has 0 radical (unpaired) electrons. The van der Waals surface area contributed by atoms with E-state index < -0.39 is 0 Å². The van der Waals surface area contributed by atoms with Gasteiger partial charge in [-0.25, -0.2) is 0 Å². The van der Waals surface area contributed by atoms with Crippen molar-refractivity contribution in [3.63, 3.8) is 0 Å². The normalized spacial score (nSPS) is 24.1. The summed E-state index contributed by atoms with van der Waals surface area (Å²) in [6.07, 6.45) is 4.86. The third kappa shape index (κ3) is 3.66. The Labute approximate surface area is 110 Å². The summed E-state index contributed by atoms with van der Waals surface area (Å²) in [6.45, 7) is 7.67.